The lowest BCUT2D eigenvalue weighted by molar-refractivity contribution is 0.0919. The summed E-state index contributed by atoms with van der Waals surface area (Å²) in [4.78, 5) is 22.7. The van der Waals surface area contributed by atoms with Gasteiger partial charge < -0.3 is 10.5 Å². The second-order valence-electron chi connectivity index (χ2n) is 4.22. The Balaban J connectivity index is 2.03. The fraction of sp³-hybridized carbons (Fsp3) is 0.0667. The van der Waals surface area contributed by atoms with Crippen LogP contribution in [0, 0.1) is 5.82 Å². The first kappa shape index (κ1) is 15.0. The minimum Gasteiger partial charge on any atom is -0.485 e. The van der Waals surface area contributed by atoms with Crippen molar-refractivity contribution in [3.05, 3.63) is 64.4 Å². The van der Waals surface area contributed by atoms with E-state index in [9.17, 15) is 14.0 Å². The van der Waals surface area contributed by atoms with Crippen molar-refractivity contribution in [2.75, 3.05) is 6.61 Å². The van der Waals surface area contributed by atoms with E-state index in [2.05, 4.69) is 0 Å². The molecule has 0 aliphatic heterocycles. The molecule has 0 bridgehead atoms. The molecule has 0 saturated heterocycles. The summed E-state index contributed by atoms with van der Waals surface area (Å²) < 4.78 is 18.7. The molecule has 0 atom stereocenters. The van der Waals surface area contributed by atoms with Gasteiger partial charge in [0.15, 0.2) is 12.4 Å². The Morgan fingerprint density at radius 3 is 2.38 bits per heavy atom. The van der Waals surface area contributed by atoms with Crippen molar-refractivity contribution in [1.29, 1.82) is 0 Å². The average Bonchev–Trinajstić information content (AvgIpc) is 2.45. The second-order valence-corrected chi connectivity index (χ2v) is 4.66. The van der Waals surface area contributed by atoms with Crippen LogP contribution >= 0.6 is 11.6 Å². The number of carbonyl (C=O) groups excluding carboxylic acids is 2. The van der Waals surface area contributed by atoms with Crippen LogP contribution in [0.2, 0.25) is 5.02 Å². The first-order valence-electron chi connectivity index (χ1n) is 5.98. The number of hydrogen-bond acceptors (Lipinski definition) is 3. The third kappa shape index (κ3) is 3.79. The van der Waals surface area contributed by atoms with Crippen molar-refractivity contribution in [3.63, 3.8) is 0 Å². The summed E-state index contributed by atoms with van der Waals surface area (Å²) in [6.45, 7) is -0.253. The molecule has 1 amide bonds. The molecule has 0 spiro atoms. The van der Waals surface area contributed by atoms with Crippen LogP contribution in [0.1, 0.15) is 20.7 Å². The fourth-order valence-electron chi connectivity index (χ4n) is 1.65. The van der Waals surface area contributed by atoms with Crippen molar-refractivity contribution >= 4 is 23.3 Å². The number of nitrogens with two attached hydrogens (primary N) is 1. The van der Waals surface area contributed by atoms with Crippen LogP contribution in [0.3, 0.4) is 0 Å². The highest BCUT2D eigenvalue weighted by Crippen LogP contribution is 2.17. The lowest BCUT2D eigenvalue weighted by atomic mass is 10.1. The molecule has 0 heterocycles. The van der Waals surface area contributed by atoms with Crippen LogP contribution < -0.4 is 10.5 Å². The Morgan fingerprint density at radius 2 is 1.81 bits per heavy atom. The summed E-state index contributed by atoms with van der Waals surface area (Å²) in [5, 5.41) is 0.525. The zero-order valence-electron chi connectivity index (χ0n) is 10.8. The van der Waals surface area contributed by atoms with Crippen molar-refractivity contribution in [2.45, 2.75) is 0 Å². The minimum atomic E-state index is -0.865. The molecular formula is C15H11ClFNO3. The van der Waals surface area contributed by atoms with E-state index >= 15 is 0 Å². The van der Waals surface area contributed by atoms with E-state index in [1.165, 1.54) is 12.1 Å². The van der Waals surface area contributed by atoms with Crippen LogP contribution in [0.25, 0.3) is 0 Å². The molecular weight excluding hydrogens is 297 g/mol. The van der Waals surface area contributed by atoms with E-state index in [1.54, 1.807) is 24.3 Å². The monoisotopic (exact) mass is 307 g/mol. The number of Topliss-reactive ketones (excluding diaryl/α,β-unsaturated/α-hetero) is 1. The van der Waals surface area contributed by atoms with Crippen LogP contribution in [0.15, 0.2) is 42.5 Å². The third-order valence-corrected chi connectivity index (χ3v) is 2.99. The van der Waals surface area contributed by atoms with Crippen LogP contribution in [-0.2, 0) is 0 Å². The number of rotatable bonds is 5. The van der Waals surface area contributed by atoms with Crippen molar-refractivity contribution in [1.82, 2.24) is 0 Å². The molecule has 0 unspecified atom stereocenters. The summed E-state index contributed by atoms with van der Waals surface area (Å²) >= 11 is 5.73. The fourth-order valence-corrected chi connectivity index (χ4v) is 1.78. The van der Waals surface area contributed by atoms with Gasteiger partial charge in [-0.1, -0.05) is 11.6 Å². The summed E-state index contributed by atoms with van der Waals surface area (Å²) in [6.07, 6.45) is 0. The molecule has 2 N–H and O–H groups in total. The molecule has 21 heavy (non-hydrogen) atoms. The number of amides is 1. The lowest BCUT2D eigenvalue weighted by Crippen LogP contribution is -2.14. The maximum Gasteiger partial charge on any atom is 0.251 e. The molecule has 0 aliphatic rings. The molecule has 0 saturated carbocycles. The van der Waals surface area contributed by atoms with E-state index in [4.69, 9.17) is 22.1 Å². The number of ketones is 1. The van der Waals surface area contributed by atoms with Gasteiger partial charge in [0, 0.05) is 16.7 Å². The molecule has 0 fully saturated rings. The molecule has 0 radical (unpaired) electrons. The highest BCUT2D eigenvalue weighted by Gasteiger charge is 2.11. The van der Waals surface area contributed by atoms with Gasteiger partial charge in [-0.3, -0.25) is 9.59 Å². The summed E-state index contributed by atoms with van der Waals surface area (Å²) in [7, 11) is 0. The van der Waals surface area contributed by atoms with E-state index in [1.807, 2.05) is 0 Å². The van der Waals surface area contributed by atoms with Crippen molar-refractivity contribution < 1.29 is 18.7 Å². The van der Waals surface area contributed by atoms with Crippen molar-refractivity contribution in [2.24, 2.45) is 5.73 Å². The average molecular weight is 308 g/mol. The molecule has 0 aliphatic carbocycles. The second kappa shape index (κ2) is 6.37. The smallest absolute Gasteiger partial charge is 0.251 e. The van der Waals surface area contributed by atoms with Gasteiger partial charge in [-0.2, -0.15) is 0 Å². The van der Waals surface area contributed by atoms with Crippen LogP contribution in [0.5, 0.6) is 5.75 Å². The molecule has 2 rings (SSSR count). The SMILES string of the molecule is NC(=O)c1ccc(OCC(=O)c2ccc(Cl)cc2)cc1F. The lowest BCUT2D eigenvalue weighted by Gasteiger charge is -2.07. The summed E-state index contributed by atoms with van der Waals surface area (Å²) in [6, 6.07) is 9.93. The predicted molar refractivity (Wildman–Crippen MR) is 76.2 cm³/mol. The molecule has 2 aromatic carbocycles. The quantitative estimate of drug-likeness (QED) is 0.864. The van der Waals surface area contributed by atoms with E-state index in [0.717, 1.165) is 6.07 Å². The summed E-state index contributed by atoms with van der Waals surface area (Å²) in [5.41, 5.74) is 5.20. The summed E-state index contributed by atoms with van der Waals surface area (Å²) in [5.74, 6) is -1.79. The number of carbonyl (C=O) groups is 2. The van der Waals surface area contributed by atoms with Gasteiger partial charge in [-0.15, -0.1) is 0 Å². The van der Waals surface area contributed by atoms with Gasteiger partial charge >= 0.3 is 0 Å². The molecule has 6 heteroatoms. The Bertz CT molecular complexity index is 686. The number of benzene rings is 2. The van der Waals surface area contributed by atoms with Gasteiger partial charge in [-0.25, -0.2) is 4.39 Å². The molecule has 4 nitrogen and oxygen atoms in total. The van der Waals surface area contributed by atoms with Gasteiger partial charge in [0.05, 0.1) is 5.56 Å². The minimum absolute atomic E-state index is 0.139. The van der Waals surface area contributed by atoms with Gasteiger partial charge in [0.25, 0.3) is 5.91 Å². The standard InChI is InChI=1S/C15H11ClFNO3/c16-10-3-1-9(2-4-10)14(19)8-21-11-5-6-12(15(18)20)13(17)7-11/h1-7H,8H2,(H2,18,20). The van der Waals surface area contributed by atoms with Crippen LogP contribution in [-0.4, -0.2) is 18.3 Å². The zero-order valence-corrected chi connectivity index (χ0v) is 11.6. The largest absolute Gasteiger partial charge is 0.485 e. The number of ether oxygens (including phenoxy) is 1. The maximum atomic E-state index is 13.5. The third-order valence-electron chi connectivity index (χ3n) is 2.74. The Hall–Kier alpha value is -2.40. The zero-order chi connectivity index (χ0) is 15.4. The van der Waals surface area contributed by atoms with Gasteiger partial charge in [-0.05, 0) is 36.4 Å². The van der Waals surface area contributed by atoms with E-state index < -0.39 is 11.7 Å². The first-order valence-corrected chi connectivity index (χ1v) is 6.36. The Morgan fingerprint density at radius 1 is 1.14 bits per heavy atom. The molecule has 2 aromatic rings. The first-order chi connectivity index (χ1) is 9.97. The number of hydrogen-bond donors (Lipinski definition) is 1. The van der Waals surface area contributed by atoms with Crippen LogP contribution in [0.4, 0.5) is 4.39 Å². The van der Waals surface area contributed by atoms with E-state index in [0.29, 0.717) is 10.6 Å². The highest BCUT2D eigenvalue weighted by atomic mass is 35.5. The number of primary amides is 1. The number of halogens is 2. The molecule has 108 valence electrons. The van der Waals surface area contributed by atoms with E-state index in [-0.39, 0.29) is 23.7 Å². The topological polar surface area (TPSA) is 69.4 Å². The Labute approximate surface area is 125 Å². The highest BCUT2D eigenvalue weighted by molar-refractivity contribution is 6.30. The Kier molecular flexibility index (Phi) is 4.55. The maximum absolute atomic E-state index is 13.5. The predicted octanol–water partition coefficient (Wildman–Crippen LogP) is 2.84. The van der Waals surface area contributed by atoms with Crippen molar-refractivity contribution in [3.8, 4) is 5.75 Å². The van der Waals surface area contributed by atoms with Gasteiger partial charge in [0.2, 0.25) is 0 Å². The molecule has 0 aromatic heterocycles. The normalized spacial score (nSPS) is 10.2. The van der Waals surface area contributed by atoms with Gasteiger partial charge in [0.1, 0.15) is 11.6 Å².